The SMILES string of the molecule is C=CCN1C(=O)/C(=C2\C=Cc3cc(C)ccc3N2CC)SC1=Nc1ccc(Cl)c(Cl)c1. The number of nitrogens with zero attached hydrogens (tertiary/aromatic N) is 3. The molecule has 0 radical (unpaired) electrons. The first kappa shape index (κ1) is 21.8. The second-order valence-corrected chi connectivity index (χ2v) is 8.95. The van der Waals surface area contributed by atoms with E-state index in [9.17, 15) is 4.79 Å². The summed E-state index contributed by atoms with van der Waals surface area (Å²) in [6, 6.07) is 11.5. The number of benzene rings is 2. The average molecular weight is 470 g/mol. The molecule has 2 aromatic carbocycles. The Kier molecular flexibility index (Phi) is 6.28. The molecule has 1 fully saturated rings. The van der Waals surface area contributed by atoms with Crippen molar-refractivity contribution >= 4 is 63.5 Å². The summed E-state index contributed by atoms with van der Waals surface area (Å²) in [4.78, 5) is 22.5. The predicted octanol–water partition coefficient (Wildman–Crippen LogP) is 6.82. The van der Waals surface area contributed by atoms with Crippen molar-refractivity contribution in [2.24, 2.45) is 4.99 Å². The van der Waals surface area contributed by atoms with Gasteiger partial charge in [0.1, 0.15) is 4.91 Å². The van der Waals surface area contributed by atoms with E-state index >= 15 is 0 Å². The van der Waals surface area contributed by atoms with Crippen molar-refractivity contribution in [1.29, 1.82) is 0 Å². The molecule has 2 aliphatic heterocycles. The molecule has 1 amide bonds. The van der Waals surface area contributed by atoms with Gasteiger partial charge in [-0.2, -0.15) is 0 Å². The summed E-state index contributed by atoms with van der Waals surface area (Å²) in [5.41, 5.74) is 4.96. The van der Waals surface area contributed by atoms with E-state index in [-0.39, 0.29) is 5.91 Å². The lowest BCUT2D eigenvalue weighted by Gasteiger charge is -2.30. The largest absolute Gasteiger partial charge is 0.340 e. The van der Waals surface area contributed by atoms with Crippen LogP contribution in [0, 0.1) is 6.92 Å². The molecule has 0 aromatic heterocycles. The second kappa shape index (κ2) is 8.95. The summed E-state index contributed by atoms with van der Waals surface area (Å²) in [5.74, 6) is -0.0858. The van der Waals surface area contributed by atoms with Crippen molar-refractivity contribution in [2.45, 2.75) is 13.8 Å². The van der Waals surface area contributed by atoms with Gasteiger partial charge in [-0.15, -0.1) is 6.58 Å². The van der Waals surface area contributed by atoms with Crippen molar-refractivity contribution in [3.63, 3.8) is 0 Å². The lowest BCUT2D eigenvalue weighted by molar-refractivity contribution is -0.121. The Morgan fingerprint density at radius 3 is 2.61 bits per heavy atom. The van der Waals surface area contributed by atoms with Gasteiger partial charge in [0.05, 0.1) is 21.4 Å². The van der Waals surface area contributed by atoms with Crippen molar-refractivity contribution in [2.75, 3.05) is 18.0 Å². The number of hydrogen-bond acceptors (Lipinski definition) is 4. The van der Waals surface area contributed by atoms with Gasteiger partial charge < -0.3 is 4.90 Å². The van der Waals surface area contributed by atoms with Gasteiger partial charge in [-0.1, -0.05) is 47.0 Å². The van der Waals surface area contributed by atoms with Gasteiger partial charge in [0.2, 0.25) is 0 Å². The highest BCUT2D eigenvalue weighted by atomic mass is 35.5. The van der Waals surface area contributed by atoms with Crippen molar-refractivity contribution in [1.82, 2.24) is 4.90 Å². The Morgan fingerprint density at radius 1 is 1.10 bits per heavy atom. The first-order chi connectivity index (χ1) is 14.9. The zero-order chi connectivity index (χ0) is 22.1. The van der Waals surface area contributed by atoms with Gasteiger partial charge in [0, 0.05) is 18.8 Å². The van der Waals surface area contributed by atoms with Crippen molar-refractivity contribution in [3.8, 4) is 0 Å². The molecule has 7 heteroatoms. The third-order valence-corrected chi connectivity index (χ3v) is 6.86. The molecule has 0 atom stereocenters. The van der Waals surface area contributed by atoms with Crippen LogP contribution in [-0.4, -0.2) is 29.1 Å². The first-order valence-electron chi connectivity index (χ1n) is 9.87. The highest BCUT2D eigenvalue weighted by Gasteiger charge is 2.36. The Labute approximate surface area is 196 Å². The standard InChI is InChI=1S/C24H21Cl2N3OS/c1-4-12-29-23(30)22(31-24(29)27-17-8-9-18(25)19(26)14-17)21-11-7-16-13-15(3)6-10-20(16)28(21)5-2/h4,6-11,13-14H,1,5,12H2,2-3H3/b22-21-,27-24?. The Morgan fingerprint density at radius 2 is 1.90 bits per heavy atom. The first-order valence-corrected chi connectivity index (χ1v) is 11.4. The molecule has 4 nitrogen and oxygen atoms in total. The molecule has 31 heavy (non-hydrogen) atoms. The average Bonchev–Trinajstić information content (AvgIpc) is 3.05. The summed E-state index contributed by atoms with van der Waals surface area (Å²) >= 11 is 13.5. The van der Waals surface area contributed by atoms with Crippen molar-refractivity contribution < 1.29 is 4.79 Å². The molecule has 2 aromatic rings. The van der Waals surface area contributed by atoms with E-state index in [1.54, 1.807) is 29.2 Å². The van der Waals surface area contributed by atoms with Gasteiger partial charge >= 0.3 is 0 Å². The molecule has 0 bridgehead atoms. The summed E-state index contributed by atoms with van der Waals surface area (Å²) in [6.45, 7) is 9.07. The minimum Gasteiger partial charge on any atom is -0.340 e. The number of hydrogen-bond donors (Lipinski definition) is 0. The van der Waals surface area contributed by atoms with Crippen LogP contribution in [0.2, 0.25) is 10.0 Å². The van der Waals surface area contributed by atoms with E-state index in [2.05, 4.69) is 54.6 Å². The number of halogens is 2. The Balaban J connectivity index is 1.78. The van der Waals surface area contributed by atoms with Crippen LogP contribution in [0.4, 0.5) is 11.4 Å². The lowest BCUT2D eigenvalue weighted by Crippen LogP contribution is -2.31. The second-order valence-electron chi connectivity index (χ2n) is 7.15. The Hall–Kier alpha value is -2.47. The molecular weight excluding hydrogens is 449 g/mol. The number of carbonyl (C=O) groups is 1. The summed E-state index contributed by atoms with van der Waals surface area (Å²) < 4.78 is 0. The summed E-state index contributed by atoms with van der Waals surface area (Å²) in [6.07, 6.45) is 5.78. The summed E-state index contributed by atoms with van der Waals surface area (Å²) in [7, 11) is 0. The normalized spacial score (nSPS) is 19.4. The Bertz CT molecular complexity index is 1170. The molecule has 1 saturated heterocycles. The minimum atomic E-state index is -0.0858. The van der Waals surface area contributed by atoms with Gasteiger partial charge in [-0.3, -0.25) is 9.69 Å². The number of aryl methyl sites for hydroxylation is 1. The van der Waals surface area contributed by atoms with Crippen LogP contribution in [0.15, 0.2) is 70.7 Å². The van der Waals surface area contributed by atoms with Crippen LogP contribution >= 0.6 is 35.0 Å². The fraction of sp³-hybridized carbons (Fsp3) is 0.167. The van der Waals surface area contributed by atoms with Crippen LogP contribution in [0.25, 0.3) is 6.08 Å². The van der Waals surface area contributed by atoms with Gasteiger partial charge in [-0.05, 0) is 67.6 Å². The molecule has 0 N–H and O–H groups in total. The molecule has 0 aliphatic carbocycles. The maximum absolute atomic E-state index is 13.4. The lowest BCUT2D eigenvalue weighted by atomic mass is 10.0. The quantitative estimate of drug-likeness (QED) is 0.364. The van der Waals surface area contributed by atoms with E-state index in [1.165, 1.54) is 17.3 Å². The third-order valence-electron chi connectivity index (χ3n) is 5.04. The molecule has 158 valence electrons. The van der Waals surface area contributed by atoms with Crippen LogP contribution in [0.1, 0.15) is 18.1 Å². The molecule has 2 heterocycles. The number of amidine groups is 1. The number of thioether (sulfide) groups is 1. The molecule has 4 rings (SSSR count). The number of anilines is 1. The molecule has 0 saturated carbocycles. The minimum absolute atomic E-state index is 0.0858. The van der Waals surface area contributed by atoms with E-state index < -0.39 is 0 Å². The molecular formula is C24H21Cl2N3OS. The number of aliphatic imine (C=N–C) groups is 1. The van der Waals surface area contributed by atoms with E-state index in [0.717, 1.165) is 23.5 Å². The highest BCUT2D eigenvalue weighted by molar-refractivity contribution is 8.18. The zero-order valence-corrected chi connectivity index (χ0v) is 19.6. The molecule has 0 spiro atoms. The highest BCUT2D eigenvalue weighted by Crippen LogP contribution is 2.40. The summed E-state index contributed by atoms with van der Waals surface area (Å²) in [5, 5.41) is 1.47. The zero-order valence-electron chi connectivity index (χ0n) is 17.2. The van der Waals surface area contributed by atoms with Crippen LogP contribution < -0.4 is 4.90 Å². The molecule has 2 aliphatic rings. The maximum atomic E-state index is 13.4. The topological polar surface area (TPSA) is 35.9 Å². The van der Waals surface area contributed by atoms with Crippen molar-refractivity contribution in [3.05, 3.63) is 86.9 Å². The number of rotatable bonds is 4. The number of allylic oxidation sites excluding steroid dienone is 1. The third kappa shape index (κ3) is 4.18. The fourth-order valence-electron chi connectivity index (χ4n) is 3.58. The number of amides is 1. The van der Waals surface area contributed by atoms with E-state index in [1.807, 2.05) is 6.08 Å². The number of likely N-dealkylation sites (N-methyl/N-ethyl adjacent to an activating group) is 1. The fourth-order valence-corrected chi connectivity index (χ4v) is 4.95. The van der Waals surface area contributed by atoms with Crippen LogP contribution in [0.3, 0.4) is 0 Å². The van der Waals surface area contributed by atoms with Gasteiger partial charge in [0.15, 0.2) is 5.17 Å². The smallest absolute Gasteiger partial charge is 0.269 e. The monoisotopic (exact) mass is 469 g/mol. The van der Waals surface area contributed by atoms with Crippen LogP contribution in [-0.2, 0) is 4.79 Å². The number of carbonyl (C=O) groups excluding carboxylic acids is 1. The van der Waals surface area contributed by atoms with E-state index in [0.29, 0.717) is 32.4 Å². The predicted molar refractivity (Wildman–Crippen MR) is 133 cm³/mol. The molecule has 0 unspecified atom stereocenters. The van der Waals surface area contributed by atoms with E-state index in [4.69, 9.17) is 23.2 Å². The van der Waals surface area contributed by atoms with Gasteiger partial charge in [0.25, 0.3) is 5.91 Å². The van der Waals surface area contributed by atoms with Crippen LogP contribution in [0.5, 0.6) is 0 Å². The van der Waals surface area contributed by atoms with Gasteiger partial charge in [-0.25, -0.2) is 4.99 Å². The maximum Gasteiger partial charge on any atom is 0.269 e. The number of fused-ring (bicyclic) bond motifs is 1.